The molecule has 0 N–H and O–H groups in total. The second kappa shape index (κ2) is 9.97. The molecular weight excluding hydrogens is 379 g/mol. The van der Waals surface area contributed by atoms with Crippen LogP contribution >= 0.6 is 0 Å². The van der Waals surface area contributed by atoms with E-state index in [1.54, 1.807) is 6.07 Å². The van der Waals surface area contributed by atoms with Gasteiger partial charge in [-0.1, -0.05) is 66.0 Å². The number of hydrogen-bond acceptors (Lipinski definition) is 0. The highest BCUT2D eigenvalue weighted by atomic mass is 19.1. The number of fused-ring (bicyclic) bond motifs is 1. The van der Waals surface area contributed by atoms with Crippen LogP contribution in [0.3, 0.4) is 0 Å². The predicted octanol–water partition coefficient (Wildman–Crippen LogP) is 8.32. The molecule has 0 amide bonds. The van der Waals surface area contributed by atoms with Crippen LogP contribution in [-0.2, 0) is 0 Å². The van der Waals surface area contributed by atoms with Crippen LogP contribution in [0.25, 0.3) is 10.8 Å². The molecule has 1 fully saturated rings. The second-order valence-electron chi connectivity index (χ2n) is 8.89. The van der Waals surface area contributed by atoms with Crippen LogP contribution in [0.5, 0.6) is 0 Å². The summed E-state index contributed by atoms with van der Waals surface area (Å²) in [5, 5.41) is 1.55. The quantitative estimate of drug-likeness (QED) is 0.300. The standard InChI is InChI=1S/C30H31F/c1-3-4-5-6-23-8-13-25(14-9-23)26-15-10-24(11-16-26)12-17-27-18-19-28-21-22(2)7-20-29(28)30(27)31/h3-4,7,10-11,15-16,18-21,23,25H,5-6,8-9,13-14H2,1-2H3/b4-3+. The van der Waals surface area contributed by atoms with Crippen molar-refractivity contribution < 1.29 is 4.39 Å². The molecule has 0 aromatic heterocycles. The number of benzene rings is 3. The molecule has 1 aliphatic rings. The first-order valence-corrected chi connectivity index (χ1v) is 11.6. The smallest absolute Gasteiger partial charge is 0.146 e. The number of hydrogen-bond donors (Lipinski definition) is 0. The third-order valence-electron chi connectivity index (χ3n) is 6.66. The Balaban J connectivity index is 1.41. The Morgan fingerprint density at radius 3 is 2.45 bits per heavy atom. The van der Waals surface area contributed by atoms with Crippen LogP contribution in [0.4, 0.5) is 4.39 Å². The summed E-state index contributed by atoms with van der Waals surface area (Å²) < 4.78 is 14.8. The minimum atomic E-state index is -0.229. The van der Waals surface area contributed by atoms with Crippen molar-refractivity contribution in [1.29, 1.82) is 0 Å². The molecule has 0 unspecified atom stereocenters. The zero-order valence-electron chi connectivity index (χ0n) is 18.6. The van der Waals surface area contributed by atoms with Crippen LogP contribution < -0.4 is 0 Å². The highest BCUT2D eigenvalue weighted by Gasteiger charge is 2.21. The van der Waals surface area contributed by atoms with Crippen molar-refractivity contribution in [2.75, 3.05) is 0 Å². The van der Waals surface area contributed by atoms with Crippen molar-refractivity contribution in [2.24, 2.45) is 5.92 Å². The Bertz CT molecular complexity index is 1120. The van der Waals surface area contributed by atoms with E-state index in [0.29, 0.717) is 16.9 Å². The molecule has 0 aliphatic heterocycles. The summed E-state index contributed by atoms with van der Waals surface area (Å²) in [5.41, 5.74) is 3.95. The highest BCUT2D eigenvalue weighted by Crippen LogP contribution is 2.37. The van der Waals surface area contributed by atoms with Crippen LogP contribution in [0, 0.1) is 30.5 Å². The molecule has 1 heteroatoms. The Labute approximate surface area is 186 Å². The lowest BCUT2D eigenvalue weighted by Gasteiger charge is -2.28. The molecule has 0 spiro atoms. The number of allylic oxidation sites excluding steroid dienone is 2. The SMILES string of the molecule is C/C=C/CCC1CCC(c2ccc(C#Cc3ccc4cc(C)ccc4c3F)cc2)CC1. The van der Waals surface area contributed by atoms with Crippen molar-refractivity contribution in [1.82, 2.24) is 0 Å². The van der Waals surface area contributed by atoms with Gasteiger partial charge in [0, 0.05) is 10.9 Å². The fourth-order valence-corrected chi connectivity index (χ4v) is 4.77. The monoisotopic (exact) mass is 410 g/mol. The molecule has 0 heterocycles. The summed E-state index contributed by atoms with van der Waals surface area (Å²) in [5.74, 6) is 7.51. The topological polar surface area (TPSA) is 0 Å². The van der Waals surface area contributed by atoms with Crippen LogP contribution in [-0.4, -0.2) is 0 Å². The molecule has 0 atom stereocenters. The van der Waals surface area contributed by atoms with Crippen LogP contribution in [0.1, 0.15) is 73.6 Å². The van der Waals surface area contributed by atoms with E-state index in [4.69, 9.17) is 0 Å². The van der Waals surface area contributed by atoms with Crippen molar-refractivity contribution in [3.63, 3.8) is 0 Å². The summed E-state index contributed by atoms with van der Waals surface area (Å²) in [4.78, 5) is 0. The molecule has 0 nitrogen and oxygen atoms in total. The van der Waals surface area contributed by atoms with E-state index in [1.807, 2.05) is 31.2 Å². The van der Waals surface area contributed by atoms with Gasteiger partial charge in [0.05, 0.1) is 5.56 Å². The third-order valence-corrected chi connectivity index (χ3v) is 6.66. The minimum absolute atomic E-state index is 0.229. The fourth-order valence-electron chi connectivity index (χ4n) is 4.77. The van der Waals surface area contributed by atoms with Gasteiger partial charge in [0.2, 0.25) is 0 Å². The van der Waals surface area contributed by atoms with Crippen molar-refractivity contribution in [3.8, 4) is 11.8 Å². The van der Waals surface area contributed by atoms with E-state index in [2.05, 4.69) is 55.2 Å². The molecule has 0 bridgehead atoms. The van der Waals surface area contributed by atoms with Gasteiger partial charge in [0.1, 0.15) is 5.82 Å². The van der Waals surface area contributed by atoms with Gasteiger partial charge in [-0.05, 0) is 93.4 Å². The molecule has 1 aliphatic carbocycles. The minimum Gasteiger partial charge on any atom is -0.205 e. The molecule has 3 aromatic carbocycles. The van der Waals surface area contributed by atoms with Crippen molar-refractivity contribution >= 4 is 10.8 Å². The van der Waals surface area contributed by atoms with Gasteiger partial charge in [-0.15, -0.1) is 0 Å². The Hall–Kier alpha value is -2.85. The van der Waals surface area contributed by atoms with Crippen LogP contribution in [0.2, 0.25) is 0 Å². The Morgan fingerprint density at radius 1 is 0.935 bits per heavy atom. The zero-order valence-corrected chi connectivity index (χ0v) is 18.6. The van der Waals surface area contributed by atoms with E-state index in [1.165, 1.54) is 44.1 Å². The van der Waals surface area contributed by atoms with E-state index in [-0.39, 0.29) is 5.82 Å². The molecular formula is C30H31F. The Kier molecular flexibility index (Phi) is 6.88. The van der Waals surface area contributed by atoms with E-state index in [9.17, 15) is 4.39 Å². The van der Waals surface area contributed by atoms with Crippen molar-refractivity contribution in [3.05, 3.63) is 94.8 Å². The van der Waals surface area contributed by atoms with Gasteiger partial charge in [0.15, 0.2) is 0 Å². The summed E-state index contributed by atoms with van der Waals surface area (Å²) in [6.45, 7) is 4.12. The maximum Gasteiger partial charge on any atom is 0.146 e. The summed E-state index contributed by atoms with van der Waals surface area (Å²) in [6.07, 6.45) is 12.2. The van der Waals surface area contributed by atoms with E-state index < -0.39 is 0 Å². The molecule has 3 aromatic rings. The second-order valence-corrected chi connectivity index (χ2v) is 8.89. The number of aryl methyl sites for hydroxylation is 1. The maximum absolute atomic E-state index is 14.8. The van der Waals surface area contributed by atoms with Gasteiger partial charge in [-0.2, -0.15) is 0 Å². The van der Waals surface area contributed by atoms with Gasteiger partial charge in [0.25, 0.3) is 0 Å². The fraction of sp³-hybridized carbons (Fsp3) is 0.333. The largest absolute Gasteiger partial charge is 0.205 e. The first-order valence-electron chi connectivity index (χ1n) is 11.6. The lowest BCUT2D eigenvalue weighted by Crippen LogP contribution is -2.13. The zero-order chi connectivity index (χ0) is 21.6. The number of rotatable bonds is 4. The lowest BCUT2D eigenvalue weighted by atomic mass is 9.77. The molecule has 4 rings (SSSR count). The average Bonchev–Trinajstić information content (AvgIpc) is 2.80. The third kappa shape index (κ3) is 5.26. The molecule has 1 saturated carbocycles. The molecule has 0 saturated heterocycles. The molecule has 158 valence electrons. The van der Waals surface area contributed by atoms with Gasteiger partial charge >= 0.3 is 0 Å². The average molecular weight is 411 g/mol. The predicted molar refractivity (Wildman–Crippen MR) is 130 cm³/mol. The maximum atomic E-state index is 14.8. The van der Waals surface area contributed by atoms with E-state index >= 15 is 0 Å². The van der Waals surface area contributed by atoms with Crippen LogP contribution in [0.15, 0.2) is 66.7 Å². The summed E-state index contributed by atoms with van der Waals surface area (Å²) in [7, 11) is 0. The van der Waals surface area contributed by atoms with Gasteiger partial charge in [-0.3, -0.25) is 0 Å². The first-order chi connectivity index (χ1) is 15.1. The van der Waals surface area contributed by atoms with Crippen molar-refractivity contribution in [2.45, 2.75) is 58.3 Å². The normalized spacial score (nSPS) is 18.8. The highest BCUT2D eigenvalue weighted by molar-refractivity contribution is 5.85. The van der Waals surface area contributed by atoms with Gasteiger partial charge in [-0.25, -0.2) is 4.39 Å². The Morgan fingerprint density at radius 2 is 1.71 bits per heavy atom. The van der Waals surface area contributed by atoms with Gasteiger partial charge < -0.3 is 0 Å². The molecule has 0 radical (unpaired) electrons. The summed E-state index contributed by atoms with van der Waals surface area (Å²) >= 11 is 0. The number of halogens is 1. The molecule has 31 heavy (non-hydrogen) atoms. The summed E-state index contributed by atoms with van der Waals surface area (Å²) in [6, 6.07) is 18.1. The van der Waals surface area contributed by atoms with E-state index in [0.717, 1.165) is 22.4 Å². The lowest BCUT2D eigenvalue weighted by molar-refractivity contribution is 0.312. The first kappa shape index (κ1) is 21.4.